The second-order valence-electron chi connectivity index (χ2n) is 6.78. The molecule has 0 bridgehead atoms. The van der Waals surface area contributed by atoms with Crippen molar-refractivity contribution in [3.05, 3.63) is 40.2 Å². The molecule has 1 saturated carbocycles. The molecule has 0 aromatic carbocycles. The van der Waals surface area contributed by atoms with E-state index in [1.54, 1.807) is 17.6 Å². The van der Waals surface area contributed by atoms with Crippen LogP contribution in [-0.4, -0.2) is 30.1 Å². The highest BCUT2D eigenvalue weighted by Crippen LogP contribution is 2.21. The van der Waals surface area contributed by atoms with Crippen molar-refractivity contribution >= 4 is 41.3 Å². The Balaban J connectivity index is 0.00000243. The van der Waals surface area contributed by atoms with Crippen LogP contribution < -0.4 is 10.6 Å². The van der Waals surface area contributed by atoms with Gasteiger partial charge in [-0.15, -0.1) is 35.3 Å². The first kappa shape index (κ1) is 21.2. The summed E-state index contributed by atoms with van der Waals surface area (Å²) >= 11 is 1.76. The molecule has 0 saturated heterocycles. The van der Waals surface area contributed by atoms with Crippen LogP contribution in [0.25, 0.3) is 0 Å². The molecule has 0 amide bonds. The fourth-order valence-electron chi connectivity index (χ4n) is 3.08. The van der Waals surface area contributed by atoms with Gasteiger partial charge in [0.1, 0.15) is 5.76 Å². The summed E-state index contributed by atoms with van der Waals surface area (Å²) in [5.41, 5.74) is 0. The lowest BCUT2D eigenvalue weighted by Gasteiger charge is -2.18. The highest BCUT2D eigenvalue weighted by atomic mass is 127. The zero-order valence-corrected chi connectivity index (χ0v) is 18.7. The van der Waals surface area contributed by atoms with Crippen LogP contribution in [0.1, 0.15) is 54.2 Å². The maximum absolute atomic E-state index is 5.40. The van der Waals surface area contributed by atoms with Crippen LogP contribution in [0.4, 0.5) is 0 Å². The summed E-state index contributed by atoms with van der Waals surface area (Å²) in [7, 11) is 0. The summed E-state index contributed by atoms with van der Waals surface area (Å²) in [5.74, 6) is 2.25. The minimum Gasteiger partial charge on any atom is -0.469 e. The van der Waals surface area contributed by atoms with E-state index in [-0.39, 0.29) is 24.0 Å². The number of thiazole rings is 1. The minimum atomic E-state index is 0. The monoisotopic (exact) mass is 488 g/mol. The Kier molecular flexibility index (Phi) is 8.90. The Morgan fingerprint density at radius 1 is 1.42 bits per heavy atom. The molecule has 3 rings (SSSR count). The van der Waals surface area contributed by atoms with Crippen LogP contribution in [0.2, 0.25) is 0 Å². The molecule has 0 radical (unpaired) electrons. The zero-order valence-electron chi connectivity index (χ0n) is 15.5. The van der Waals surface area contributed by atoms with Crippen molar-refractivity contribution in [3.63, 3.8) is 0 Å². The second-order valence-corrected chi connectivity index (χ2v) is 8.05. The van der Waals surface area contributed by atoms with E-state index >= 15 is 0 Å². The molecule has 1 atom stereocenters. The average Bonchev–Trinajstić information content (AvgIpc) is 3.35. The third kappa shape index (κ3) is 6.57. The number of nitrogens with zero attached hydrogens (tertiary/aromatic N) is 2. The van der Waals surface area contributed by atoms with Gasteiger partial charge in [0, 0.05) is 36.0 Å². The van der Waals surface area contributed by atoms with Crippen molar-refractivity contribution in [2.75, 3.05) is 13.1 Å². The van der Waals surface area contributed by atoms with Gasteiger partial charge >= 0.3 is 0 Å². The number of nitrogens with one attached hydrogen (secondary N) is 2. The summed E-state index contributed by atoms with van der Waals surface area (Å²) in [4.78, 5) is 10.6. The summed E-state index contributed by atoms with van der Waals surface area (Å²) in [6.45, 7) is 5.85. The fraction of sp³-hybridized carbons (Fsp3) is 0.579. The zero-order chi connectivity index (χ0) is 17.5. The topological polar surface area (TPSA) is 62.5 Å². The molecule has 0 aliphatic heterocycles. The molecule has 2 aromatic rings. The van der Waals surface area contributed by atoms with Crippen molar-refractivity contribution in [1.29, 1.82) is 0 Å². The summed E-state index contributed by atoms with van der Waals surface area (Å²) in [6.07, 6.45) is 9.62. The van der Waals surface area contributed by atoms with Gasteiger partial charge in [0.2, 0.25) is 0 Å². The summed E-state index contributed by atoms with van der Waals surface area (Å²) in [5, 5.41) is 8.22. The SMILES string of the molecule is Cc1cnc(C(C)CN=C(NCCc2ccco2)NC2CCCC2)s1.I. The first-order valence-electron chi connectivity index (χ1n) is 9.20. The van der Waals surface area contributed by atoms with Crippen LogP contribution in [0.5, 0.6) is 0 Å². The molecule has 0 spiro atoms. The summed E-state index contributed by atoms with van der Waals surface area (Å²) in [6, 6.07) is 4.49. The Hall–Kier alpha value is -1.09. The third-order valence-corrected chi connectivity index (χ3v) is 5.67. The highest BCUT2D eigenvalue weighted by molar-refractivity contribution is 14.0. The number of aryl methyl sites for hydroxylation is 1. The van der Waals surface area contributed by atoms with Crippen molar-refractivity contribution in [1.82, 2.24) is 15.6 Å². The van der Waals surface area contributed by atoms with Gasteiger partial charge in [-0.25, -0.2) is 4.98 Å². The number of hydrogen-bond acceptors (Lipinski definition) is 4. The van der Waals surface area contributed by atoms with E-state index < -0.39 is 0 Å². The molecule has 2 N–H and O–H groups in total. The molecule has 144 valence electrons. The van der Waals surface area contributed by atoms with E-state index in [0.717, 1.165) is 36.2 Å². The van der Waals surface area contributed by atoms with Crippen LogP contribution in [0.3, 0.4) is 0 Å². The standard InChI is InChI=1S/C19H28N4OS.HI/c1-14(18-21-13-15(2)25-18)12-22-19(23-16-6-3-4-7-16)20-10-9-17-8-5-11-24-17;/h5,8,11,13-14,16H,3-4,6-7,9-10,12H2,1-2H3,(H2,20,22,23);1H. The number of furan rings is 1. The Labute approximate surface area is 177 Å². The van der Waals surface area contributed by atoms with E-state index in [9.17, 15) is 0 Å². The first-order valence-corrected chi connectivity index (χ1v) is 10.0. The highest BCUT2D eigenvalue weighted by Gasteiger charge is 2.16. The lowest BCUT2D eigenvalue weighted by atomic mass is 10.2. The van der Waals surface area contributed by atoms with Gasteiger partial charge in [0.25, 0.3) is 0 Å². The van der Waals surface area contributed by atoms with Gasteiger partial charge in [-0.2, -0.15) is 0 Å². The molecule has 26 heavy (non-hydrogen) atoms. The molecular weight excluding hydrogens is 459 g/mol. The third-order valence-electron chi connectivity index (χ3n) is 4.52. The van der Waals surface area contributed by atoms with Crippen molar-refractivity contribution in [3.8, 4) is 0 Å². The maximum atomic E-state index is 5.40. The van der Waals surface area contributed by atoms with Gasteiger partial charge in [0.15, 0.2) is 5.96 Å². The molecule has 5 nitrogen and oxygen atoms in total. The van der Waals surface area contributed by atoms with Crippen LogP contribution >= 0.6 is 35.3 Å². The smallest absolute Gasteiger partial charge is 0.191 e. The molecule has 1 unspecified atom stereocenters. The summed E-state index contributed by atoms with van der Waals surface area (Å²) < 4.78 is 5.40. The largest absolute Gasteiger partial charge is 0.469 e. The van der Waals surface area contributed by atoms with Gasteiger partial charge in [-0.1, -0.05) is 19.8 Å². The van der Waals surface area contributed by atoms with Crippen molar-refractivity contribution in [2.45, 2.75) is 57.9 Å². The normalized spacial score (nSPS) is 16.3. The maximum Gasteiger partial charge on any atom is 0.191 e. The van der Waals surface area contributed by atoms with E-state index in [0.29, 0.717) is 12.0 Å². The fourth-order valence-corrected chi connectivity index (χ4v) is 3.90. The molecule has 7 heteroatoms. The molecule has 1 fully saturated rings. The molecular formula is C19H29IN4OS. The number of halogens is 1. The number of aromatic nitrogens is 1. The van der Waals surface area contributed by atoms with Gasteiger partial charge in [-0.3, -0.25) is 4.99 Å². The lowest BCUT2D eigenvalue weighted by molar-refractivity contribution is 0.505. The number of hydrogen-bond donors (Lipinski definition) is 2. The van der Waals surface area contributed by atoms with E-state index in [4.69, 9.17) is 9.41 Å². The van der Waals surface area contributed by atoms with Gasteiger partial charge in [-0.05, 0) is 31.9 Å². The molecule has 2 heterocycles. The van der Waals surface area contributed by atoms with Gasteiger partial charge < -0.3 is 15.1 Å². The van der Waals surface area contributed by atoms with Crippen LogP contribution in [0.15, 0.2) is 34.0 Å². The molecule has 1 aliphatic rings. The van der Waals surface area contributed by atoms with E-state index in [1.165, 1.54) is 30.6 Å². The predicted octanol–water partition coefficient (Wildman–Crippen LogP) is 4.49. The Morgan fingerprint density at radius 3 is 2.88 bits per heavy atom. The van der Waals surface area contributed by atoms with E-state index in [2.05, 4.69) is 29.5 Å². The van der Waals surface area contributed by atoms with Crippen LogP contribution in [0, 0.1) is 6.92 Å². The quantitative estimate of drug-likeness (QED) is 0.343. The number of rotatable bonds is 7. The number of aliphatic imine (C=N–C) groups is 1. The number of guanidine groups is 1. The van der Waals surface area contributed by atoms with Crippen molar-refractivity contribution in [2.24, 2.45) is 4.99 Å². The predicted molar refractivity (Wildman–Crippen MR) is 119 cm³/mol. The van der Waals surface area contributed by atoms with E-state index in [1.807, 2.05) is 18.3 Å². The van der Waals surface area contributed by atoms with Crippen molar-refractivity contribution < 1.29 is 4.42 Å². The van der Waals surface area contributed by atoms with Crippen LogP contribution in [-0.2, 0) is 6.42 Å². The first-order chi connectivity index (χ1) is 12.2. The minimum absolute atomic E-state index is 0. The molecule has 1 aliphatic carbocycles. The lowest BCUT2D eigenvalue weighted by Crippen LogP contribution is -2.43. The second kappa shape index (κ2) is 10.9. The molecule has 2 aromatic heterocycles. The average molecular weight is 488 g/mol. The Bertz CT molecular complexity index is 665. The Morgan fingerprint density at radius 2 is 2.23 bits per heavy atom. The van der Waals surface area contributed by atoms with Gasteiger partial charge in [0.05, 0.1) is 17.8 Å².